The van der Waals surface area contributed by atoms with Crippen molar-refractivity contribution in [3.05, 3.63) is 120 Å². The second-order valence-electron chi connectivity index (χ2n) is 23.3. The number of phenols is 1. The van der Waals surface area contributed by atoms with Crippen LogP contribution in [0.1, 0.15) is 88.3 Å². The third-order valence-corrected chi connectivity index (χ3v) is 15.6. The molecule has 0 saturated heterocycles. The first kappa shape index (κ1) is 77.3. The number of benzene rings is 5. The first-order valence-corrected chi connectivity index (χ1v) is 31.4. The summed E-state index contributed by atoms with van der Waals surface area (Å²) >= 11 is 0. The van der Waals surface area contributed by atoms with Crippen LogP contribution in [0.15, 0.2) is 109 Å². The number of methoxy groups -OCH3 is 4. The highest BCUT2D eigenvalue weighted by molar-refractivity contribution is 6.04. The Balaban J connectivity index is 0.994. The van der Waals surface area contributed by atoms with Gasteiger partial charge in [-0.1, -0.05) is 44.2 Å². The summed E-state index contributed by atoms with van der Waals surface area (Å²) in [6, 6.07) is 8.25. The fourth-order valence-corrected chi connectivity index (χ4v) is 9.92. The van der Waals surface area contributed by atoms with E-state index in [-0.39, 0.29) is 73.0 Å². The van der Waals surface area contributed by atoms with E-state index in [4.69, 9.17) is 99.6 Å². The van der Waals surface area contributed by atoms with Gasteiger partial charge in [-0.2, -0.15) is 0 Å². The Labute approximate surface area is 595 Å². The summed E-state index contributed by atoms with van der Waals surface area (Å²) in [6.07, 6.45) is -9.62. The number of ether oxygens (including phenoxy) is 9. The number of ketones is 4. The molecule has 0 radical (unpaired) electrons. The first-order valence-electron chi connectivity index (χ1n) is 31.4. The highest BCUT2D eigenvalue weighted by Crippen LogP contribution is 2.33. The van der Waals surface area contributed by atoms with Gasteiger partial charge in [0.15, 0.2) is 50.4 Å². The molecule has 5 unspecified atom stereocenters. The molecular formula is C67H67N11O28. The number of para-hydroxylation sites is 4. The lowest BCUT2D eigenvalue weighted by molar-refractivity contribution is -0.265. The van der Waals surface area contributed by atoms with Gasteiger partial charge in [0.1, 0.15) is 46.6 Å². The van der Waals surface area contributed by atoms with Crippen molar-refractivity contribution in [2.75, 3.05) is 28.4 Å². The maximum Gasteiger partial charge on any atom is 0.397 e. The molecule has 1 amide bonds. The van der Waals surface area contributed by atoms with Crippen LogP contribution in [-0.2, 0) is 73.5 Å². The molecule has 0 aliphatic rings. The molecule has 4 aromatic heterocycles. The van der Waals surface area contributed by atoms with Gasteiger partial charge in [0.05, 0.1) is 65.8 Å². The van der Waals surface area contributed by atoms with E-state index >= 15 is 0 Å². The predicted octanol–water partition coefficient (Wildman–Crippen LogP) is 1.46. The number of phenolic OH excluding ortho intramolecular Hbond substituents is 1. The lowest BCUT2D eigenvalue weighted by Gasteiger charge is -2.33. The molecule has 0 aliphatic heterocycles. The third kappa shape index (κ3) is 17.4. The van der Waals surface area contributed by atoms with Crippen molar-refractivity contribution in [2.45, 2.75) is 101 Å². The summed E-state index contributed by atoms with van der Waals surface area (Å²) in [5, 5.41) is 12.8. The summed E-state index contributed by atoms with van der Waals surface area (Å²) in [7, 11) is 5.28. The predicted molar refractivity (Wildman–Crippen MR) is 354 cm³/mol. The van der Waals surface area contributed by atoms with E-state index in [0.717, 1.165) is 25.1 Å². The average Bonchev–Trinajstić information content (AvgIpc) is 1.49. The number of rotatable bonds is 33. The number of aromatic nitrogens is 4. The van der Waals surface area contributed by atoms with Gasteiger partial charge in [-0.05, 0) is 60.2 Å². The van der Waals surface area contributed by atoms with Gasteiger partial charge in [-0.3, -0.25) is 44.1 Å². The van der Waals surface area contributed by atoms with Crippen LogP contribution in [0.25, 0.3) is 44.4 Å². The van der Waals surface area contributed by atoms with Crippen molar-refractivity contribution >= 4 is 115 Å². The number of oxazole rings is 4. The Morgan fingerprint density at radius 1 is 0.491 bits per heavy atom. The number of fused-ring (bicyclic) bond motifs is 4. The minimum Gasteiger partial charge on any atom is -0.508 e. The maximum absolute atomic E-state index is 14.7. The quantitative estimate of drug-likeness (QED) is 0.00549. The maximum atomic E-state index is 14.7. The fraction of sp³-hybridized carbons (Fsp3) is 0.313. The van der Waals surface area contributed by atoms with Gasteiger partial charge < -0.3 is 99.4 Å². The number of hydrogen-bond acceptors (Lipinski definition) is 38. The third-order valence-electron chi connectivity index (χ3n) is 15.6. The lowest BCUT2D eigenvalue weighted by Crippen LogP contribution is -2.60. The zero-order chi connectivity index (χ0) is 77.2. The Hall–Kier alpha value is -12.8. The van der Waals surface area contributed by atoms with E-state index in [1.165, 1.54) is 103 Å². The number of carbonyl (C=O) groups excluding carboxylic acids is 12. The van der Waals surface area contributed by atoms with Crippen LogP contribution in [0.2, 0.25) is 0 Å². The van der Waals surface area contributed by atoms with E-state index in [9.17, 15) is 62.6 Å². The highest BCUT2D eigenvalue weighted by Gasteiger charge is 2.49. The molecule has 0 fully saturated rings. The van der Waals surface area contributed by atoms with Crippen molar-refractivity contribution in [3.8, 4) is 34.5 Å². The number of nitrogens with zero attached hydrogens (tertiary/aromatic N) is 4. The van der Waals surface area contributed by atoms with Crippen LogP contribution in [0, 0.1) is 5.92 Å². The summed E-state index contributed by atoms with van der Waals surface area (Å²) in [5.74, 6) is -21.6. The van der Waals surface area contributed by atoms with Crippen LogP contribution >= 0.6 is 0 Å². The van der Waals surface area contributed by atoms with E-state index in [0.29, 0.717) is 0 Å². The van der Waals surface area contributed by atoms with Crippen molar-refractivity contribution in [2.24, 2.45) is 40.3 Å². The SMILES string of the molecule is COc1cccc2oc(C(=O)C(N)CC(=O)OOC(=O)C(OC(=O)[C@@H](N)[C@@H](OC(=O)[C@H](Cc3ccc(O)cc3OC(=O)CC(N)C(=O)c3nc4c(OC)cccc4o3)NC(C)=O)OC(=O)[C@@](N)(OC(=O)CC(N)C(=O)c3nc4c(OC)cccc4o3)C(C)C)C(N)C(=O)c3nc4c(OC)cccc4o3)nc12. The minimum atomic E-state index is -3.05. The molecule has 558 valence electrons. The second-order valence-corrected chi connectivity index (χ2v) is 23.3. The van der Waals surface area contributed by atoms with Crippen LogP contribution in [0.5, 0.6) is 34.5 Å². The van der Waals surface area contributed by atoms with E-state index < -0.39 is 192 Å². The van der Waals surface area contributed by atoms with Crippen molar-refractivity contribution in [1.82, 2.24) is 25.3 Å². The molecule has 0 saturated carbocycles. The van der Waals surface area contributed by atoms with Gasteiger partial charge in [0.2, 0.25) is 35.1 Å². The van der Waals surface area contributed by atoms with Crippen LogP contribution in [0.3, 0.4) is 0 Å². The molecule has 9 atom stereocenters. The summed E-state index contributed by atoms with van der Waals surface area (Å²) in [5.41, 5.74) is 34.9. The Morgan fingerprint density at radius 3 is 1.32 bits per heavy atom. The van der Waals surface area contributed by atoms with Gasteiger partial charge in [0, 0.05) is 25.3 Å². The van der Waals surface area contributed by atoms with Crippen LogP contribution < -0.4 is 63.4 Å². The number of nitrogens with two attached hydrogens (primary N) is 6. The number of carbonyl (C=O) groups is 12. The highest BCUT2D eigenvalue weighted by atomic mass is 17.2. The normalized spacial score (nSPS) is 14.2. The lowest BCUT2D eigenvalue weighted by atomic mass is 10.00. The standard InChI is InChI=1S/C67H67N11O28/c1-27(2)67(73,104-45(82)25-32(69)54(85)59-76-50-36(93-5)13-9-17-40(50)98-59)66(91)103-65(102-62(88)34(74-28(3)79)22-29-20-21-30(80)23-43(29)96-44(81)24-31(68)53(84)58-75-49-35(92-4)12-8-16-39(49)97-58)48(72)63(89)101-57(47(71)56(87)61-78-52-38(95-7)15-11-19-42(52)100-61)64(90)106-105-46(83)26-33(70)55(86)60-77-51-37(94-6)14-10-18-41(51)99-60/h8-21,23,27,31-34,47-48,57,65,80H,22,24-26,68-73H2,1-7H3,(H,74,79)/t31?,32?,33?,34-,47?,48+,57?,65-,67-/m0/s1. The number of esters is 5. The average molecular weight is 1470 g/mol. The van der Waals surface area contributed by atoms with Gasteiger partial charge in [0.25, 0.3) is 35.6 Å². The topological polar surface area (TPSA) is 599 Å². The summed E-state index contributed by atoms with van der Waals surface area (Å²) < 4.78 is 70.6. The van der Waals surface area contributed by atoms with E-state index in [2.05, 4.69) is 30.1 Å². The molecular weight excluding hydrogens is 1410 g/mol. The minimum absolute atomic E-state index is 0.0588. The Kier molecular flexibility index (Phi) is 24.1. The van der Waals surface area contributed by atoms with Crippen LogP contribution in [0.4, 0.5) is 0 Å². The van der Waals surface area contributed by atoms with Gasteiger partial charge in [-0.25, -0.2) is 48.9 Å². The van der Waals surface area contributed by atoms with E-state index in [1.54, 1.807) is 12.1 Å². The van der Waals surface area contributed by atoms with Gasteiger partial charge >= 0.3 is 41.8 Å². The number of hydrogen-bond donors (Lipinski definition) is 8. The molecule has 39 nitrogen and oxygen atoms in total. The number of aromatic hydroxyl groups is 1. The molecule has 0 bridgehead atoms. The summed E-state index contributed by atoms with van der Waals surface area (Å²) in [4.78, 5) is 192. The molecule has 39 heteroatoms. The van der Waals surface area contributed by atoms with Gasteiger partial charge in [-0.15, -0.1) is 0 Å². The number of nitrogens with one attached hydrogen (secondary N) is 1. The van der Waals surface area contributed by atoms with Crippen molar-refractivity contribution in [1.29, 1.82) is 0 Å². The monoisotopic (exact) mass is 1470 g/mol. The molecule has 5 aromatic carbocycles. The molecule has 14 N–H and O–H groups in total. The number of amides is 1. The largest absolute Gasteiger partial charge is 0.508 e. The smallest absolute Gasteiger partial charge is 0.397 e. The molecule has 0 aliphatic carbocycles. The number of Topliss-reactive ketones (excluding diaryl/α,β-unsaturated/α-hetero) is 4. The Bertz CT molecular complexity index is 4910. The van der Waals surface area contributed by atoms with E-state index in [1.807, 2.05) is 0 Å². The molecule has 9 aromatic rings. The summed E-state index contributed by atoms with van der Waals surface area (Å²) in [6.45, 7) is 3.32. The van der Waals surface area contributed by atoms with Crippen molar-refractivity contribution in [3.63, 3.8) is 0 Å². The second kappa shape index (κ2) is 33.1. The fourth-order valence-electron chi connectivity index (χ4n) is 9.92. The zero-order valence-electron chi connectivity index (χ0n) is 56.9. The first-order chi connectivity index (χ1) is 50.4. The molecule has 9 rings (SSSR count). The Morgan fingerprint density at radius 2 is 0.906 bits per heavy atom. The van der Waals surface area contributed by atoms with Crippen molar-refractivity contribution < 1.29 is 133 Å². The molecule has 4 heterocycles. The zero-order valence-corrected chi connectivity index (χ0v) is 56.9. The molecule has 0 spiro atoms. The molecule has 106 heavy (non-hydrogen) atoms. The van der Waals surface area contributed by atoms with Crippen LogP contribution in [-0.4, -0.2) is 179 Å².